The summed E-state index contributed by atoms with van der Waals surface area (Å²) in [5, 5.41) is 5.72. The van der Waals surface area contributed by atoms with Crippen molar-refractivity contribution in [3.05, 3.63) is 54.0 Å². The fourth-order valence-corrected chi connectivity index (χ4v) is 4.08. The van der Waals surface area contributed by atoms with Crippen molar-refractivity contribution in [1.82, 2.24) is 10.2 Å². The number of likely N-dealkylation sites (tertiary alicyclic amines) is 1. The molecule has 0 spiro atoms. The molecule has 1 aromatic carbocycles. The fourth-order valence-electron chi connectivity index (χ4n) is 3.37. The van der Waals surface area contributed by atoms with Crippen LogP contribution in [0.4, 0.5) is 5.69 Å². The van der Waals surface area contributed by atoms with Gasteiger partial charge in [0.2, 0.25) is 17.7 Å². The average Bonchev–Trinajstić information content (AvgIpc) is 3.26. The first kappa shape index (κ1) is 22.0. The third kappa shape index (κ3) is 6.66. The number of furan rings is 1. The van der Waals surface area contributed by atoms with Crippen molar-refractivity contribution in [2.45, 2.75) is 26.3 Å². The summed E-state index contributed by atoms with van der Waals surface area (Å²) < 4.78 is 5.21. The van der Waals surface area contributed by atoms with Crippen LogP contribution in [0, 0.1) is 12.8 Å². The smallest absolute Gasteiger partial charge is 0.234 e. The van der Waals surface area contributed by atoms with Gasteiger partial charge in [-0.15, -0.1) is 11.8 Å². The summed E-state index contributed by atoms with van der Waals surface area (Å²) in [6.07, 6.45) is 2.87. The van der Waals surface area contributed by atoms with Crippen LogP contribution in [0.3, 0.4) is 0 Å². The lowest BCUT2D eigenvalue weighted by atomic mass is 9.96. The van der Waals surface area contributed by atoms with E-state index in [0.29, 0.717) is 32.5 Å². The van der Waals surface area contributed by atoms with Crippen molar-refractivity contribution in [3.63, 3.8) is 0 Å². The van der Waals surface area contributed by atoms with Crippen molar-refractivity contribution >= 4 is 35.2 Å². The number of hydrogen-bond acceptors (Lipinski definition) is 5. The molecule has 30 heavy (non-hydrogen) atoms. The van der Waals surface area contributed by atoms with E-state index in [-0.39, 0.29) is 35.1 Å². The molecule has 0 bridgehead atoms. The molecule has 3 rings (SSSR count). The molecule has 0 radical (unpaired) electrons. The highest BCUT2D eigenvalue weighted by Crippen LogP contribution is 2.19. The van der Waals surface area contributed by atoms with Gasteiger partial charge in [-0.25, -0.2) is 0 Å². The number of benzene rings is 1. The minimum atomic E-state index is -0.120. The van der Waals surface area contributed by atoms with Gasteiger partial charge in [0.15, 0.2) is 0 Å². The van der Waals surface area contributed by atoms with E-state index in [9.17, 15) is 14.4 Å². The van der Waals surface area contributed by atoms with E-state index in [1.807, 2.05) is 37.3 Å². The minimum absolute atomic E-state index is 0.000642. The number of nitrogens with zero attached hydrogens (tertiary/aromatic N) is 1. The van der Waals surface area contributed by atoms with Crippen molar-refractivity contribution in [1.29, 1.82) is 0 Å². The number of thioether (sulfide) groups is 1. The zero-order valence-corrected chi connectivity index (χ0v) is 17.9. The second-order valence-electron chi connectivity index (χ2n) is 7.36. The number of hydrogen-bond donors (Lipinski definition) is 2. The number of rotatable bonds is 8. The number of nitrogens with one attached hydrogen (secondary N) is 2. The van der Waals surface area contributed by atoms with Crippen molar-refractivity contribution in [3.8, 4) is 0 Å². The van der Waals surface area contributed by atoms with Crippen LogP contribution in [-0.4, -0.2) is 47.2 Å². The quantitative estimate of drug-likeness (QED) is 0.673. The molecular weight excluding hydrogens is 402 g/mol. The topological polar surface area (TPSA) is 91.7 Å². The first-order valence-corrected chi connectivity index (χ1v) is 11.2. The Labute approximate surface area is 180 Å². The van der Waals surface area contributed by atoms with E-state index >= 15 is 0 Å². The zero-order valence-electron chi connectivity index (χ0n) is 17.1. The van der Waals surface area contributed by atoms with Gasteiger partial charge in [0, 0.05) is 24.7 Å². The van der Waals surface area contributed by atoms with Gasteiger partial charge in [-0.05, 0) is 49.6 Å². The Hall–Kier alpha value is -2.74. The third-order valence-corrected chi connectivity index (χ3v) is 5.91. The number of piperidine rings is 1. The standard InChI is InChI=1S/C22H27N3O4S/c1-16-4-2-5-18(12-16)24-20(26)14-30-15-21(27)25-9-7-17(8-10-25)22(28)23-13-19-6-3-11-29-19/h2-6,11-12,17H,7-10,13-15H2,1H3,(H,23,28)(H,24,26). The Morgan fingerprint density at radius 2 is 1.93 bits per heavy atom. The van der Waals surface area contributed by atoms with E-state index in [4.69, 9.17) is 4.42 Å². The number of aryl methyl sites for hydroxylation is 1. The molecule has 2 N–H and O–H groups in total. The SMILES string of the molecule is Cc1cccc(NC(=O)CSCC(=O)N2CCC(C(=O)NCc3ccco3)CC2)c1. The van der Waals surface area contributed by atoms with Gasteiger partial charge in [0.05, 0.1) is 24.3 Å². The molecule has 0 aliphatic carbocycles. The van der Waals surface area contributed by atoms with E-state index in [2.05, 4.69) is 10.6 Å². The molecule has 8 heteroatoms. The van der Waals surface area contributed by atoms with E-state index in [0.717, 1.165) is 17.0 Å². The Kier molecular flexibility index (Phi) is 7.96. The average molecular weight is 430 g/mol. The second kappa shape index (κ2) is 10.9. The second-order valence-corrected chi connectivity index (χ2v) is 8.35. The lowest BCUT2D eigenvalue weighted by Gasteiger charge is -2.31. The predicted molar refractivity (Wildman–Crippen MR) is 117 cm³/mol. The molecule has 0 unspecified atom stereocenters. The highest BCUT2D eigenvalue weighted by Gasteiger charge is 2.27. The molecule has 1 saturated heterocycles. The summed E-state index contributed by atoms with van der Waals surface area (Å²) >= 11 is 1.31. The summed E-state index contributed by atoms with van der Waals surface area (Å²) in [5.74, 6) is 1.02. The Morgan fingerprint density at radius 1 is 1.13 bits per heavy atom. The van der Waals surface area contributed by atoms with Gasteiger partial charge in [-0.1, -0.05) is 12.1 Å². The van der Waals surface area contributed by atoms with Gasteiger partial charge in [-0.2, -0.15) is 0 Å². The summed E-state index contributed by atoms with van der Waals surface area (Å²) in [6.45, 7) is 3.47. The molecular formula is C22H27N3O4S. The van der Waals surface area contributed by atoms with Crippen molar-refractivity contribution in [2.75, 3.05) is 29.9 Å². The molecule has 2 heterocycles. The number of amides is 3. The predicted octanol–water partition coefficient (Wildman–Crippen LogP) is 2.81. The van der Waals surface area contributed by atoms with Crippen LogP contribution in [0.2, 0.25) is 0 Å². The van der Waals surface area contributed by atoms with Gasteiger partial charge < -0.3 is 20.0 Å². The summed E-state index contributed by atoms with van der Waals surface area (Å²) in [4.78, 5) is 38.5. The van der Waals surface area contributed by atoms with Gasteiger partial charge >= 0.3 is 0 Å². The molecule has 0 saturated carbocycles. The van der Waals surface area contributed by atoms with E-state index < -0.39 is 0 Å². The summed E-state index contributed by atoms with van der Waals surface area (Å²) in [7, 11) is 0. The summed E-state index contributed by atoms with van der Waals surface area (Å²) in [6, 6.07) is 11.2. The van der Waals surface area contributed by atoms with Gasteiger partial charge in [-0.3, -0.25) is 14.4 Å². The Balaban J connectivity index is 1.32. The van der Waals surface area contributed by atoms with Crippen molar-refractivity contribution < 1.29 is 18.8 Å². The highest BCUT2D eigenvalue weighted by atomic mass is 32.2. The maximum absolute atomic E-state index is 12.4. The fraction of sp³-hybridized carbons (Fsp3) is 0.409. The monoisotopic (exact) mass is 429 g/mol. The lowest BCUT2D eigenvalue weighted by Crippen LogP contribution is -2.43. The maximum Gasteiger partial charge on any atom is 0.234 e. The van der Waals surface area contributed by atoms with Crippen LogP contribution < -0.4 is 10.6 Å². The van der Waals surface area contributed by atoms with Crippen LogP contribution in [0.5, 0.6) is 0 Å². The van der Waals surface area contributed by atoms with E-state index in [1.165, 1.54) is 11.8 Å². The molecule has 160 valence electrons. The zero-order chi connectivity index (χ0) is 21.3. The van der Waals surface area contributed by atoms with Crippen LogP contribution >= 0.6 is 11.8 Å². The maximum atomic E-state index is 12.4. The van der Waals surface area contributed by atoms with Crippen LogP contribution in [0.1, 0.15) is 24.2 Å². The molecule has 0 atom stereocenters. The highest BCUT2D eigenvalue weighted by molar-refractivity contribution is 8.00. The molecule has 2 aromatic rings. The Bertz CT molecular complexity index is 861. The largest absolute Gasteiger partial charge is 0.467 e. The number of anilines is 1. The third-order valence-electron chi connectivity index (χ3n) is 5.00. The first-order valence-electron chi connectivity index (χ1n) is 10.0. The van der Waals surface area contributed by atoms with E-state index in [1.54, 1.807) is 17.2 Å². The molecule has 1 aromatic heterocycles. The van der Waals surface area contributed by atoms with Crippen LogP contribution in [0.15, 0.2) is 47.1 Å². The normalized spacial score (nSPS) is 14.4. The molecule has 7 nitrogen and oxygen atoms in total. The lowest BCUT2D eigenvalue weighted by molar-refractivity contribution is -0.133. The minimum Gasteiger partial charge on any atom is -0.467 e. The molecule has 1 fully saturated rings. The molecule has 1 aliphatic heterocycles. The molecule has 1 aliphatic rings. The van der Waals surface area contributed by atoms with Gasteiger partial charge in [0.25, 0.3) is 0 Å². The van der Waals surface area contributed by atoms with Crippen molar-refractivity contribution in [2.24, 2.45) is 5.92 Å². The van der Waals surface area contributed by atoms with Gasteiger partial charge in [0.1, 0.15) is 5.76 Å². The Morgan fingerprint density at radius 3 is 2.63 bits per heavy atom. The molecule has 3 amide bonds. The van der Waals surface area contributed by atoms with Crippen LogP contribution in [-0.2, 0) is 20.9 Å². The number of carbonyl (C=O) groups excluding carboxylic acids is 3. The summed E-state index contributed by atoms with van der Waals surface area (Å²) in [5.41, 5.74) is 1.84. The first-order chi connectivity index (χ1) is 14.5. The number of carbonyl (C=O) groups is 3. The van der Waals surface area contributed by atoms with Crippen LogP contribution in [0.25, 0.3) is 0 Å².